The Kier molecular flexibility index (Phi) is 6.82. The monoisotopic (exact) mass is 477 g/mol. The average molecular weight is 478 g/mol. The van der Waals surface area contributed by atoms with E-state index in [0.29, 0.717) is 32.6 Å². The van der Waals surface area contributed by atoms with E-state index < -0.39 is 0 Å². The molecule has 0 aromatic heterocycles. The van der Waals surface area contributed by atoms with Gasteiger partial charge >= 0.3 is 0 Å². The van der Waals surface area contributed by atoms with Crippen LogP contribution < -0.4 is 15.0 Å². The van der Waals surface area contributed by atoms with E-state index in [4.69, 9.17) is 21.7 Å². The van der Waals surface area contributed by atoms with Crippen LogP contribution in [0.1, 0.15) is 11.1 Å². The maximum Gasteiger partial charge on any atom is 0.271 e. The zero-order valence-corrected chi connectivity index (χ0v) is 19.2. The lowest BCUT2D eigenvalue weighted by atomic mass is 10.2. The molecule has 1 fully saturated rings. The van der Waals surface area contributed by atoms with Crippen LogP contribution in [-0.4, -0.2) is 23.6 Å². The number of thioether (sulfide) groups is 1. The Morgan fingerprint density at radius 1 is 1.09 bits per heavy atom. The molecule has 1 aliphatic heterocycles. The van der Waals surface area contributed by atoms with E-state index >= 15 is 0 Å². The van der Waals surface area contributed by atoms with Gasteiger partial charge in [0, 0.05) is 16.3 Å². The van der Waals surface area contributed by atoms with E-state index in [2.05, 4.69) is 5.32 Å². The van der Waals surface area contributed by atoms with E-state index in [1.54, 1.807) is 48.5 Å². The summed E-state index contributed by atoms with van der Waals surface area (Å²) in [4.78, 5) is 27.0. The fourth-order valence-electron chi connectivity index (χ4n) is 3.16. The largest absolute Gasteiger partial charge is 0.483 e. The lowest BCUT2D eigenvalue weighted by Gasteiger charge is -2.14. The van der Waals surface area contributed by atoms with Gasteiger partial charge in [-0.15, -0.1) is 0 Å². The minimum absolute atomic E-state index is 0.101. The molecule has 0 bridgehead atoms. The molecule has 4 rings (SSSR count). The summed E-state index contributed by atoms with van der Waals surface area (Å²) in [7, 11) is 0. The van der Waals surface area contributed by atoms with Gasteiger partial charge in [0.1, 0.15) is 5.75 Å². The first-order chi connectivity index (χ1) is 15.9. The van der Waals surface area contributed by atoms with Crippen LogP contribution in [0.25, 0.3) is 6.08 Å². The Balaban J connectivity index is 1.47. The number of rotatable bonds is 6. The van der Waals surface area contributed by atoms with Gasteiger partial charge < -0.3 is 10.1 Å². The summed E-state index contributed by atoms with van der Waals surface area (Å²) in [6, 6.07) is 21.4. The zero-order valence-electron chi connectivity index (χ0n) is 17.7. The van der Waals surface area contributed by atoms with Crippen LogP contribution >= 0.6 is 23.4 Å². The topological polar surface area (TPSA) is 82.5 Å². The highest BCUT2D eigenvalue weighted by molar-refractivity contribution is 8.19. The van der Waals surface area contributed by atoms with Gasteiger partial charge in [0.05, 0.1) is 10.6 Å². The molecule has 0 radical (unpaired) electrons. The van der Waals surface area contributed by atoms with Crippen molar-refractivity contribution in [3.8, 4) is 5.75 Å². The molecule has 8 heteroatoms. The Morgan fingerprint density at radius 3 is 2.52 bits per heavy atom. The number of benzene rings is 3. The van der Waals surface area contributed by atoms with Crippen LogP contribution in [0.3, 0.4) is 0 Å². The second-order valence-electron chi connectivity index (χ2n) is 7.27. The summed E-state index contributed by atoms with van der Waals surface area (Å²) in [6.07, 6.45) is 1.67. The highest BCUT2D eigenvalue weighted by atomic mass is 35.5. The molecule has 0 unspecified atom stereocenters. The van der Waals surface area contributed by atoms with Crippen molar-refractivity contribution in [3.63, 3.8) is 0 Å². The molecule has 0 saturated carbocycles. The van der Waals surface area contributed by atoms with Crippen LogP contribution in [0.4, 0.5) is 11.4 Å². The van der Waals surface area contributed by atoms with Crippen molar-refractivity contribution in [1.82, 2.24) is 0 Å². The van der Waals surface area contributed by atoms with Crippen molar-refractivity contribution < 1.29 is 14.3 Å². The fourth-order valence-corrected chi connectivity index (χ4v) is 4.14. The number of amides is 2. The molecule has 3 aromatic carbocycles. The smallest absolute Gasteiger partial charge is 0.271 e. The van der Waals surface area contributed by atoms with Crippen molar-refractivity contribution in [1.29, 1.82) is 5.41 Å². The number of aryl methyl sites for hydroxylation is 1. The lowest BCUT2D eigenvalue weighted by Crippen LogP contribution is -2.27. The summed E-state index contributed by atoms with van der Waals surface area (Å²) in [5.74, 6) is -0.128. The normalized spacial score (nSPS) is 14.6. The van der Waals surface area contributed by atoms with Gasteiger partial charge in [0.2, 0.25) is 0 Å². The first-order valence-corrected chi connectivity index (χ1v) is 11.3. The van der Waals surface area contributed by atoms with Crippen molar-refractivity contribution in [2.24, 2.45) is 0 Å². The number of anilines is 2. The molecule has 2 amide bonds. The SMILES string of the molecule is Cc1ccc(NC(=O)COc2ccccc2/C=C2\SC(=N)N(c3ccc(Cl)cc3)C2=O)cc1. The maximum atomic E-state index is 13.0. The molecule has 1 saturated heterocycles. The summed E-state index contributed by atoms with van der Waals surface area (Å²) in [5, 5.41) is 11.7. The van der Waals surface area contributed by atoms with Gasteiger partial charge in [-0.05, 0) is 67.2 Å². The molecule has 0 atom stereocenters. The van der Waals surface area contributed by atoms with Crippen molar-refractivity contribution >= 4 is 57.8 Å². The number of amidine groups is 1. The van der Waals surface area contributed by atoms with E-state index in [0.717, 1.165) is 17.3 Å². The van der Waals surface area contributed by atoms with Gasteiger partial charge in [-0.25, -0.2) is 0 Å². The summed E-state index contributed by atoms with van der Waals surface area (Å²) < 4.78 is 5.73. The number of hydrogen-bond acceptors (Lipinski definition) is 5. The summed E-state index contributed by atoms with van der Waals surface area (Å²) in [5.41, 5.74) is 3.01. The first-order valence-electron chi connectivity index (χ1n) is 10.1. The standard InChI is InChI=1S/C25H20ClN3O3S/c1-16-6-10-19(11-7-16)28-23(30)15-32-21-5-3-2-4-17(21)14-22-24(31)29(25(27)33-22)20-12-8-18(26)9-13-20/h2-14,27H,15H2,1H3,(H,28,30)/b22-14-,27-25?. The second-order valence-corrected chi connectivity index (χ2v) is 8.74. The van der Waals surface area contributed by atoms with E-state index in [-0.39, 0.29) is 23.6 Å². The predicted molar refractivity (Wildman–Crippen MR) is 134 cm³/mol. The van der Waals surface area contributed by atoms with Gasteiger partial charge in [-0.1, -0.05) is 47.5 Å². The summed E-state index contributed by atoms with van der Waals surface area (Å²) >= 11 is 7.00. The molecule has 6 nitrogen and oxygen atoms in total. The Hall–Kier alpha value is -3.55. The first kappa shape index (κ1) is 22.6. The number of halogens is 1. The number of para-hydroxylation sites is 1. The summed E-state index contributed by atoms with van der Waals surface area (Å²) in [6.45, 7) is 1.80. The van der Waals surface area contributed by atoms with Crippen LogP contribution in [-0.2, 0) is 9.59 Å². The molecule has 0 spiro atoms. The van der Waals surface area contributed by atoms with Crippen molar-refractivity contribution in [2.45, 2.75) is 6.92 Å². The van der Waals surface area contributed by atoms with Crippen LogP contribution in [0.15, 0.2) is 77.7 Å². The van der Waals surface area contributed by atoms with Crippen molar-refractivity contribution in [3.05, 3.63) is 93.9 Å². The molecule has 166 valence electrons. The van der Waals surface area contributed by atoms with Crippen LogP contribution in [0.2, 0.25) is 5.02 Å². The minimum atomic E-state index is -0.306. The van der Waals surface area contributed by atoms with Gasteiger partial charge in [-0.2, -0.15) is 0 Å². The van der Waals surface area contributed by atoms with Crippen LogP contribution in [0, 0.1) is 12.3 Å². The Labute approximate surface area is 200 Å². The number of carbonyl (C=O) groups is 2. The average Bonchev–Trinajstić information content (AvgIpc) is 3.08. The Bertz CT molecular complexity index is 1240. The van der Waals surface area contributed by atoms with E-state index in [1.807, 2.05) is 37.3 Å². The molecular formula is C25H20ClN3O3S. The van der Waals surface area contributed by atoms with Crippen molar-refractivity contribution in [2.75, 3.05) is 16.8 Å². The highest BCUT2D eigenvalue weighted by Gasteiger charge is 2.33. The van der Waals surface area contributed by atoms with Gasteiger partial charge in [0.25, 0.3) is 11.8 Å². The molecule has 2 N–H and O–H groups in total. The molecule has 1 aliphatic rings. The number of nitrogens with zero attached hydrogens (tertiary/aromatic N) is 1. The quantitative estimate of drug-likeness (QED) is 0.445. The minimum Gasteiger partial charge on any atom is -0.483 e. The third kappa shape index (κ3) is 5.45. The third-order valence-corrected chi connectivity index (χ3v) is 5.95. The highest BCUT2D eigenvalue weighted by Crippen LogP contribution is 2.36. The molecule has 33 heavy (non-hydrogen) atoms. The fraction of sp³-hybridized carbons (Fsp3) is 0.0800. The van der Waals surface area contributed by atoms with Gasteiger partial charge in [0.15, 0.2) is 11.8 Å². The molecular weight excluding hydrogens is 458 g/mol. The molecule has 0 aliphatic carbocycles. The number of nitrogens with one attached hydrogen (secondary N) is 2. The number of ether oxygens (including phenoxy) is 1. The zero-order chi connectivity index (χ0) is 23.4. The third-order valence-electron chi connectivity index (χ3n) is 4.81. The molecule has 1 heterocycles. The number of carbonyl (C=O) groups excluding carboxylic acids is 2. The lowest BCUT2D eigenvalue weighted by molar-refractivity contribution is -0.118. The van der Waals surface area contributed by atoms with Crippen LogP contribution in [0.5, 0.6) is 5.75 Å². The van der Waals surface area contributed by atoms with E-state index in [9.17, 15) is 9.59 Å². The predicted octanol–water partition coefficient (Wildman–Crippen LogP) is 5.72. The van der Waals surface area contributed by atoms with E-state index in [1.165, 1.54) is 4.90 Å². The Morgan fingerprint density at radius 2 is 1.79 bits per heavy atom. The number of hydrogen-bond donors (Lipinski definition) is 2. The molecule has 3 aromatic rings. The second kappa shape index (κ2) is 9.94. The maximum absolute atomic E-state index is 13.0. The van der Waals surface area contributed by atoms with Gasteiger partial charge in [-0.3, -0.25) is 19.9 Å².